The van der Waals surface area contributed by atoms with Crippen LogP contribution in [0.1, 0.15) is 18.7 Å². The van der Waals surface area contributed by atoms with E-state index in [0.717, 1.165) is 5.52 Å². The molecule has 0 spiro atoms. The highest BCUT2D eigenvalue weighted by atomic mass is 16.4. The summed E-state index contributed by atoms with van der Waals surface area (Å²) >= 11 is 0. The predicted molar refractivity (Wildman–Crippen MR) is 72.9 cm³/mol. The summed E-state index contributed by atoms with van der Waals surface area (Å²) in [5.41, 5.74) is 1.39. The Morgan fingerprint density at radius 2 is 2.15 bits per heavy atom. The summed E-state index contributed by atoms with van der Waals surface area (Å²) in [6.45, 7) is 0.322. The molecule has 0 radical (unpaired) electrons. The number of aliphatic carboxylic acids is 1. The Bertz CT molecular complexity index is 612. The van der Waals surface area contributed by atoms with E-state index in [9.17, 15) is 9.59 Å². The topological polar surface area (TPSA) is 92.4 Å². The van der Waals surface area contributed by atoms with Gasteiger partial charge in [0.15, 0.2) is 5.58 Å². The van der Waals surface area contributed by atoms with Crippen molar-refractivity contribution in [2.24, 2.45) is 0 Å². The fraction of sp³-hybridized carbons (Fsp3) is 0.214. The lowest BCUT2D eigenvalue weighted by Gasteiger charge is -1.98. The first-order chi connectivity index (χ1) is 9.65. The summed E-state index contributed by atoms with van der Waals surface area (Å²) in [5, 5.41) is 11.0. The summed E-state index contributed by atoms with van der Waals surface area (Å²) in [4.78, 5) is 25.9. The number of carboxylic acids is 1. The Morgan fingerprint density at radius 1 is 1.35 bits per heavy atom. The van der Waals surface area contributed by atoms with Crippen molar-refractivity contribution in [3.05, 3.63) is 36.2 Å². The lowest BCUT2D eigenvalue weighted by Crippen LogP contribution is -2.22. The summed E-state index contributed by atoms with van der Waals surface area (Å²) in [6, 6.07) is 7.32. The molecule has 6 heteroatoms. The molecular weight excluding hydrogens is 260 g/mol. The fourth-order valence-electron chi connectivity index (χ4n) is 1.62. The Balaban J connectivity index is 1.85. The number of carboxylic acid groups (broad SMARTS) is 1. The summed E-state index contributed by atoms with van der Waals surface area (Å²) in [6.07, 6.45) is 3.23. The third-order valence-corrected chi connectivity index (χ3v) is 2.55. The molecule has 1 amide bonds. The summed E-state index contributed by atoms with van der Waals surface area (Å²) < 4.78 is 5.42. The van der Waals surface area contributed by atoms with Crippen LogP contribution in [0.5, 0.6) is 0 Å². The molecule has 0 fully saturated rings. The number of para-hydroxylation sites is 2. The number of carbonyl (C=O) groups excluding carboxylic acids is 1. The van der Waals surface area contributed by atoms with Gasteiger partial charge in [-0.05, 0) is 18.6 Å². The van der Waals surface area contributed by atoms with E-state index in [-0.39, 0.29) is 12.3 Å². The summed E-state index contributed by atoms with van der Waals surface area (Å²) in [5.74, 6) is -0.828. The highest BCUT2D eigenvalue weighted by molar-refractivity contribution is 5.91. The number of oxazole rings is 1. The minimum absolute atomic E-state index is 0.0368. The molecule has 104 valence electrons. The molecule has 0 unspecified atom stereocenters. The van der Waals surface area contributed by atoms with E-state index in [2.05, 4.69) is 10.3 Å². The van der Waals surface area contributed by atoms with Crippen LogP contribution in [-0.4, -0.2) is 28.5 Å². The van der Waals surface area contributed by atoms with Crippen molar-refractivity contribution < 1.29 is 19.1 Å². The largest absolute Gasteiger partial charge is 0.481 e. The second-order valence-electron chi connectivity index (χ2n) is 4.14. The second-order valence-corrected chi connectivity index (χ2v) is 4.14. The average molecular weight is 274 g/mol. The SMILES string of the molecule is O=C(O)CCCNC(=O)/C=C/c1nc2ccccc2o1. The van der Waals surface area contributed by atoms with Gasteiger partial charge in [-0.1, -0.05) is 12.1 Å². The molecule has 2 rings (SSSR count). The van der Waals surface area contributed by atoms with Gasteiger partial charge in [0, 0.05) is 25.1 Å². The third kappa shape index (κ3) is 3.94. The van der Waals surface area contributed by atoms with E-state index >= 15 is 0 Å². The number of hydrogen-bond donors (Lipinski definition) is 2. The average Bonchev–Trinajstić information content (AvgIpc) is 2.84. The zero-order valence-electron chi connectivity index (χ0n) is 10.7. The maximum atomic E-state index is 11.5. The van der Waals surface area contributed by atoms with E-state index in [1.165, 1.54) is 12.2 Å². The Kier molecular flexibility index (Phi) is 4.49. The summed E-state index contributed by atoms with van der Waals surface area (Å²) in [7, 11) is 0. The molecule has 6 nitrogen and oxygen atoms in total. The minimum atomic E-state index is -0.874. The predicted octanol–water partition coefficient (Wildman–Crippen LogP) is 1.82. The number of hydrogen-bond acceptors (Lipinski definition) is 4. The van der Waals surface area contributed by atoms with Crippen LogP contribution in [0.25, 0.3) is 17.2 Å². The molecule has 20 heavy (non-hydrogen) atoms. The van der Waals surface area contributed by atoms with Crippen molar-refractivity contribution in [2.75, 3.05) is 6.54 Å². The Labute approximate surface area is 115 Å². The lowest BCUT2D eigenvalue weighted by molar-refractivity contribution is -0.137. The fourth-order valence-corrected chi connectivity index (χ4v) is 1.62. The molecule has 0 bridgehead atoms. The molecule has 0 aliphatic heterocycles. The number of nitrogens with zero attached hydrogens (tertiary/aromatic N) is 1. The van der Waals surface area contributed by atoms with Crippen molar-refractivity contribution in [2.45, 2.75) is 12.8 Å². The number of benzene rings is 1. The molecule has 0 saturated carbocycles. The van der Waals surface area contributed by atoms with Gasteiger partial charge in [-0.25, -0.2) is 4.98 Å². The van der Waals surface area contributed by atoms with Gasteiger partial charge in [-0.15, -0.1) is 0 Å². The third-order valence-electron chi connectivity index (χ3n) is 2.55. The van der Waals surface area contributed by atoms with Gasteiger partial charge >= 0.3 is 5.97 Å². The number of carbonyl (C=O) groups is 2. The first kappa shape index (κ1) is 13.8. The van der Waals surface area contributed by atoms with Crippen LogP contribution in [0.3, 0.4) is 0 Å². The van der Waals surface area contributed by atoms with E-state index in [1.54, 1.807) is 6.07 Å². The van der Waals surface area contributed by atoms with Gasteiger partial charge in [0.05, 0.1) is 0 Å². The van der Waals surface area contributed by atoms with Gasteiger partial charge < -0.3 is 14.8 Å². The van der Waals surface area contributed by atoms with Gasteiger partial charge in [-0.2, -0.15) is 0 Å². The minimum Gasteiger partial charge on any atom is -0.481 e. The van der Waals surface area contributed by atoms with Crippen molar-refractivity contribution in [1.29, 1.82) is 0 Å². The van der Waals surface area contributed by atoms with Crippen LogP contribution in [0.15, 0.2) is 34.8 Å². The molecule has 0 saturated heterocycles. The number of fused-ring (bicyclic) bond motifs is 1. The Hall–Kier alpha value is -2.63. The zero-order chi connectivity index (χ0) is 14.4. The molecule has 0 aliphatic rings. The van der Waals surface area contributed by atoms with E-state index in [1.807, 2.05) is 18.2 Å². The van der Waals surface area contributed by atoms with Crippen LogP contribution in [0, 0.1) is 0 Å². The maximum Gasteiger partial charge on any atom is 0.303 e. The lowest BCUT2D eigenvalue weighted by atomic mass is 10.3. The molecule has 1 heterocycles. The highest BCUT2D eigenvalue weighted by Gasteiger charge is 2.02. The molecule has 1 aromatic carbocycles. The van der Waals surface area contributed by atoms with Crippen LogP contribution in [0.2, 0.25) is 0 Å². The van der Waals surface area contributed by atoms with Crippen molar-refractivity contribution in [1.82, 2.24) is 10.3 Å². The maximum absolute atomic E-state index is 11.5. The highest BCUT2D eigenvalue weighted by Crippen LogP contribution is 2.15. The van der Waals surface area contributed by atoms with Gasteiger partial charge in [0.2, 0.25) is 11.8 Å². The van der Waals surface area contributed by atoms with Crippen LogP contribution in [-0.2, 0) is 9.59 Å². The number of aromatic nitrogens is 1. The van der Waals surface area contributed by atoms with E-state index in [4.69, 9.17) is 9.52 Å². The normalized spacial score (nSPS) is 11.0. The quantitative estimate of drug-likeness (QED) is 0.619. The first-order valence-corrected chi connectivity index (χ1v) is 6.18. The van der Waals surface area contributed by atoms with Gasteiger partial charge in [0.25, 0.3) is 0 Å². The monoisotopic (exact) mass is 274 g/mol. The van der Waals surface area contributed by atoms with Crippen molar-refractivity contribution in [3.8, 4) is 0 Å². The molecule has 1 aromatic heterocycles. The molecular formula is C14H14N2O4. The smallest absolute Gasteiger partial charge is 0.303 e. The number of nitrogens with one attached hydrogen (secondary N) is 1. The van der Waals surface area contributed by atoms with Crippen LogP contribution >= 0.6 is 0 Å². The van der Waals surface area contributed by atoms with Crippen LogP contribution in [0.4, 0.5) is 0 Å². The second kappa shape index (κ2) is 6.51. The van der Waals surface area contributed by atoms with Gasteiger partial charge in [-0.3, -0.25) is 9.59 Å². The van der Waals surface area contributed by atoms with Gasteiger partial charge in [0.1, 0.15) is 5.52 Å². The molecule has 2 aromatic rings. The van der Waals surface area contributed by atoms with Crippen molar-refractivity contribution >= 4 is 29.1 Å². The number of amides is 1. The standard InChI is InChI=1S/C14H14N2O4/c17-12(15-9-3-6-14(18)19)7-8-13-16-10-4-1-2-5-11(10)20-13/h1-2,4-5,7-8H,3,6,9H2,(H,15,17)(H,18,19)/b8-7+. The van der Waals surface area contributed by atoms with E-state index in [0.29, 0.717) is 24.4 Å². The van der Waals surface area contributed by atoms with Crippen LogP contribution < -0.4 is 5.32 Å². The zero-order valence-corrected chi connectivity index (χ0v) is 10.7. The molecule has 2 N–H and O–H groups in total. The first-order valence-electron chi connectivity index (χ1n) is 6.18. The Morgan fingerprint density at radius 3 is 2.90 bits per heavy atom. The molecule has 0 atom stereocenters. The molecule has 0 aliphatic carbocycles. The number of rotatable bonds is 6. The van der Waals surface area contributed by atoms with Crippen molar-refractivity contribution in [3.63, 3.8) is 0 Å². The van der Waals surface area contributed by atoms with E-state index < -0.39 is 5.97 Å².